The van der Waals surface area contributed by atoms with E-state index in [1.165, 1.54) is 6.42 Å². The van der Waals surface area contributed by atoms with Crippen molar-refractivity contribution in [1.82, 2.24) is 5.32 Å². The van der Waals surface area contributed by atoms with Crippen LogP contribution in [0, 0.1) is 22.7 Å². The first-order valence-corrected chi connectivity index (χ1v) is 7.72. The second-order valence-electron chi connectivity index (χ2n) is 5.84. The number of hydrogen-bond acceptors (Lipinski definition) is 2. The highest BCUT2D eigenvalue weighted by atomic mass is 16.2. The van der Waals surface area contributed by atoms with Crippen LogP contribution in [-0.4, -0.2) is 12.5 Å². The second kappa shape index (κ2) is 9.83. The number of nitriles is 1. The molecule has 0 aromatic carbocycles. The summed E-state index contributed by atoms with van der Waals surface area (Å²) in [7, 11) is 0. The van der Waals surface area contributed by atoms with Crippen LogP contribution in [0.1, 0.15) is 72.6 Å². The van der Waals surface area contributed by atoms with Gasteiger partial charge in [-0.05, 0) is 25.2 Å². The molecule has 0 spiro atoms. The Bertz CT molecular complexity index is 286. The third-order valence-corrected chi connectivity index (χ3v) is 3.50. The zero-order valence-electron chi connectivity index (χ0n) is 13.1. The minimum atomic E-state index is -0.804. The minimum absolute atomic E-state index is 0.0664. The average Bonchev–Trinajstić information content (AvgIpc) is 2.37. The molecule has 0 aromatic heterocycles. The van der Waals surface area contributed by atoms with Crippen LogP contribution < -0.4 is 5.32 Å². The molecule has 1 amide bonds. The summed E-state index contributed by atoms with van der Waals surface area (Å²) in [5, 5.41) is 12.3. The van der Waals surface area contributed by atoms with Crippen LogP contribution in [0.25, 0.3) is 0 Å². The van der Waals surface area contributed by atoms with Crippen molar-refractivity contribution in [3.63, 3.8) is 0 Å². The van der Waals surface area contributed by atoms with Crippen LogP contribution in [-0.2, 0) is 4.79 Å². The van der Waals surface area contributed by atoms with Gasteiger partial charge in [-0.1, -0.05) is 53.4 Å². The van der Waals surface area contributed by atoms with Gasteiger partial charge < -0.3 is 5.32 Å². The molecular formula is C16H30N2O. The summed E-state index contributed by atoms with van der Waals surface area (Å²) in [6, 6.07) is 2.26. The van der Waals surface area contributed by atoms with Crippen molar-refractivity contribution in [2.45, 2.75) is 72.6 Å². The number of rotatable bonds is 10. The fraction of sp³-hybridized carbons (Fsp3) is 0.875. The third kappa shape index (κ3) is 6.61. The van der Waals surface area contributed by atoms with Crippen molar-refractivity contribution in [2.75, 3.05) is 6.54 Å². The Morgan fingerprint density at radius 3 is 2.21 bits per heavy atom. The summed E-state index contributed by atoms with van der Waals surface area (Å²) in [6.45, 7) is 9.17. The van der Waals surface area contributed by atoms with E-state index >= 15 is 0 Å². The number of unbranched alkanes of at least 4 members (excludes halogenated alkanes) is 1. The van der Waals surface area contributed by atoms with Gasteiger partial charge in [-0.2, -0.15) is 5.26 Å². The van der Waals surface area contributed by atoms with Crippen LogP contribution in [0.3, 0.4) is 0 Å². The lowest BCUT2D eigenvalue weighted by Crippen LogP contribution is -2.40. The van der Waals surface area contributed by atoms with Gasteiger partial charge in [0.05, 0.1) is 6.07 Å². The maximum absolute atomic E-state index is 12.2. The molecule has 0 saturated carbocycles. The summed E-state index contributed by atoms with van der Waals surface area (Å²) in [5.41, 5.74) is -0.804. The maximum Gasteiger partial charge on any atom is 0.240 e. The number of hydrogen-bond donors (Lipinski definition) is 1. The Balaban J connectivity index is 4.22. The standard InChI is InChI=1S/C16H30N2O/c1-5-10-16(13-17,11-6-2)15(19)18-12-8-7-9-14(3)4/h14H,5-12H2,1-4H3,(H,18,19). The summed E-state index contributed by atoms with van der Waals surface area (Å²) >= 11 is 0. The van der Waals surface area contributed by atoms with Crippen LogP contribution in [0.2, 0.25) is 0 Å². The van der Waals surface area contributed by atoms with E-state index in [2.05, 4.69) is 25.2 Å². The Labute approximate surface area is 118 Å². The van der Waals surface area contributed by atoms with E-state index in [1.807, 2.05) is 13.8 Å². The molecule has 0 fully saturated rings. The molecule has 0 atom stereocenters. The molecule has 0 aromatic rings. The van der Waals surface area contributed by atoms with Crippen molar-refractivity contribution in [2.24, 2.45) is 11.3 Å². The molecular weight excluding hydrogens is 236 g/mol. The third-order valence-electron chi connectivity index (χ3n) is 3.50. The van der Waals surface area contributed by atoms with Crippen molar-refractivity contribution >= 4 is 5.91 Å². The van der Waals surface area contributed by atoms with Gasteiger partial charge >= 0.3 is 0 Å². The monoisotopic (exact) mass is 266 g/mol. The summed E-state index contributed by atoms with van der Waals surface area (Å²) in [6.07, 6.45) is 6.40. The lowest BCUT2D eigenvalue weighted by Gasteiger charge is -2.24. The predicted molar refractivity (Wildman–Crippen MR) is 79.6 cm³/mol. The van der Waals surface area contributed by atoms with E-state index in [4.69, 9.17) is 0 Å². The molecule has 0 saturated heterocycles. The van der Waals surface area contributed by atoms with Gasteiger partial charge in [0.25, 0.3) is 0 Å². The van der Waals surface area contributed by atoms with E-state index in [0.717, 1.165) is 25.7 Å². The van der Waals surface area contributed by atoms with E-state index in [9.17, 15) is 10.1 Å². The SMILES string of the molecule is CCCC(C#N)(CCC)C(=O)NCCCCC(C)C. The number of nitrogens with zero attached hydrogens (tertiary/aromatic N) is 1. The molecule has 3 nitrogen and oxygen atoms in total. The molecule has 0 rings (SSSR count). The molecule has 0 heterocycles. The first-order chi connectivity index (χ1) is 9.02. The van der Waals surface area contributed by atoms with E-state index < -0.39 is 5.41 Å². The maximum atomic E-state index is 12.2. The Morgan fingerprint density at radius 1 is 1.21 bits per heavy atom. The van der Waals surface area contributed by atoms with Crippen LogP contribution >= 0.6 is 0 Å². The molecule has 3 heteroatoms. The van der Waals surface area contributed by atoms with Crippen molar-refractivity contribution in [3.05, 3.63) is 0 Å². The zero-order valence-corrected chi connectivity index (χ0v) is 13.1. The van der Waals surface area contributed by atoms with Crippen molar-refractivity contribution < 1.29 is 4.79 Å². The fourth-order valence-corrected chi connectivity index (χ4v) is 2.42. The molecule has 0 radical (unpaired) electrons. The predicted octanol–water partition coefficient (Wildman–Crippen LogP) is 4.04. The molecule has 0 aliphatic carbocycles. The summed E-state index contributed by atoms with van der Waals surface area (Å²) in [5.74, 6) is 0.650. The lowest BCUT2D eigenvalue weighted by molar-refractivity contribution is -0.128. The summed E-state index contributed by atoms with van der Waals surface area (Å²) in [4.78, 5) is 12.2. The van der Waals surface area contributed by atoms with Crippen molar-refractivity contribution in [3.8, 4) is 6.07 Å². The van der Waals surface area contributed by atoms with E-state index in [0.29, 0.717) is 25.3 Å². The number of amides is 1. The molecule has 1 N–H and O–H groups in total. The van der Waals surface area contributed by atoms with Gasteiger partial charge in [-0.25, -0.2) is 0 Å². The Hall–Kier alpha value is -1.04. The molecule has 0 bridgehead atoms. The van der Waals surface area contributed by atoms with Crippen LogP contribution in [0.15, 0.2) is 0 Å². The first kappa shape index (κ1) is 18.0. The normalized spacial score (nSPS) is 11.4. The Kier molecular flexibility index (Phi) is 9.30. The quantitative estimate of drug-likeness (QED) is 0.607. The van der Waals surface area contributed by atoms with E-state index in [1.54, 1.807) is 0 Å². The number of nitrogens with one attached hydrogen (secondary N) is 1. The topological polar surface area (TPSA) is 52.9 Å². The van der Waals surface area contributed by atoms with Gasteiger partial charge in [0.2, 0.25) is 5.91 Å². The van der Waals surface area contributed by atoms with Crippen LogP contribution in [0.5, 0.6) is 0 Å². The molecule has 0 aliphatic heterocycles. The average molecular weight is 266 g/mol. The van der Waals surface area contributed by atoms with Gasteiger partial charge in [-0.15, -0.1) is 0 Å². The molecule has 0 aliphatic rings. The van der Waals surface area contributed by atoms with Gasteiger partial charge in [0.1, 0.15) is 5.41 Å². The van der Waals surface area contributed by atoms with Gasteiger partial charge in [-0.3, -0.25) is 4.79 Å². The van der Waals surface area contributed by atoms with Gasteiger partial charge in [0.15, 0.2) is 0 Å². The lowest BCUT2D eigenvalue weighted by atomic mass is 9.80. The smallest absolute Gasteiger partial charge is 0.240 e. The minimum Gasteiger partial charge on any atom is -0.355 e. The second-order valence-corrected chi connectivity index (χ2v) is 5.84. The summed E-state index contributed by atoms with van der Waals surface area (Å²) < 4.78 is 0. The zero-order chi connectivity index (χ0) is 14.7. The highest BCUT2D eigenvalue weighted by Crippen LogP contribution is 2.29. The van der Waals surface area contributed by atoms with Crippen LogP contribution in [0.4, 0.5) is 0 Å². The highest BCUT2D eigenvalue weighted by molar-refractivity contribution is 5.85. The molecule has 19 heavy (non-hydrogen) atoms. The Morgan fingerprint density at radius 2 is 1.79 bits per heavy atom. The highest BCUT2D eigenvalue weighted by Gasteiger charge is 2.36. The van der Waals surface area contributed by atoms with Gasteiger partial charge in [0, 0.05) is 6.54 Å². The molecule has 0 unspecified atom stereocenters. The fourth-order valence-electron chi connectivity index (χ4n) is 2.42. The molecule has 110 valence electrons. The number of carbonyl (C=O) groups excluding carboxylic acids is 1. The largest absolute Gasteiger partial charge is 0.355 e. The number of carbonyl (C=O) groups is 1. The van der Waals surface area contributed by atoms with Crippen molar-refractivity contribution in [1.29, 1.82) is 5.26 Å². The van der Waals surface area contributed by atoms with E-state index in [-0.39, 0.29) is 5.91 Å². The first-order valence-electron chi connectivity index (χ1n) is 7.72.